The van der Waals surface area contributed by atoms with Crippen LogP contribution in [0.25, 0.3) is 0 Å². The van der Waals surface area contributed by atoms with Crippen LogP contribution < -0.4 is 10.6 Å². The summed E-state index contributed by atoms with van der Waals surface area (Å²) in [5.74, 6) is 1.71. The molecular formula is C22H37Cl2N3O. The summed E-state index contributed by atoms with van der Waals surface area (Å²) in [7, 11) is 0. The van der Waals surface area contributed by atoms with E-state index < -0.39 is 0 Å². The minimum absolute atomic E-state index is 0. The molecule has 1 aromatic carbocycles. The van der Waals surface area contributed by atoms with Crippen molar-refractivity contribution in [1.82, 2.24) is 15.5 Å². The topological polar surface area (TPSA) is 44.4 Å². The van der Waals surface area contributed by atoms with E-state index >= 15 is 0 Å². The van der Waals surface area contributed by atoms with Gasteiger partial charge in [-0.2, -0.15) is 0 Å². The number of nitrogens with zero attached hydrogens (tertiary/aromatic N) is 1. The zero-order valence-electron chi connectivity index (χ0n) is 17.1. The van der Waals surface area contributed by atoms with Crippen LogP contribution in [0.3, 0.4) is 0 Å². The van der Waals surface area contributed by atoms with Gasteiger partial charge in [0.25, 0.3) is 0 Å². The van der Waals surface area contributed by atoms with Crippen molar-refractivity contribution < 1.29 is 4.79 Å². The number of halogens is 2. The van der Waals surface area contributed by atoms with Gasteiger partial charge in [0.1, 0.15) is 0 Å². The second-order valence-electron chi connectivity index (χ2n) is 8.26. The quantitative estimate of drug-likeness (QED) is 0.683. The molecule has 1 atom stereocenters. The summed E-state index contributed by atoms with van der Waals surface area (Å²) in [6, 6.07) is 8.58. The van der Waals surface area contributed by atoms with E-state index in [4.69, 9.17) is 0 Å². The number of hydrogen-bond acceptors (Lipinski definition) is 3. The highest BCUT2D eigenvalue weighted by Gasteiger charge is 2.18. The van der Waals surface area contributed by atoms with Crippen LogP contribution in [0.15, 0.2) is 24.3 Å². The molecule has 0 bridgehead atoms. The lowest BCUT2D eigenvalue weighted by Gasteiger charge is -2.31. The van der Waals surface area contributed by atoms with E-state index in [0.29, 0.717) is 13.0 Å². The largest absolute Gasteiger partial charge is 0.352 e. The van der Waals surface area contributed by atoms with Crippen molar-refractivity contribution in [2.24, 2.45) is 11.8 Å². The Labute approximate surface area is 183 Å². The molecule has 160 valence electrons. The molecule has 2 heterocycles. The number of carbonyl (C=O) groups is 1. The van der Waals surface area contributed by atoms with Gasteiger partial charge in [0.15, 0.2) is 0 Å². The average molecular weight is 430 g/mol. The Morgan fingerprint density at radius 1 is 1.14 bits per heavy atom. The first-order chi connectivity index (χ1) is 12.7. The summed E-state index contributed by atoms with van der Waals surface area (Å²) < 4.78 is 0. The average Bonchev–Trinajstić information content (AvgIpc) is 2.66. The standard InChI is InChI=1S/C22H35N3O.2ClH/c1-18-5-4-14-25(16-18)17-21-7-3-2-6-20(21)15-24-22(26)9-8-19-10-12-23-13-11-19;;/h2-3,6-7,18-19,23H,4-5,8-17H2,1H3,(H,24,26);2*1H. The highest BCUT2D eigenvalue weighted by molar-refractivity contribution is 5.85. The van der Waals surface area contributed by atoms with Crippen LogP contribution in [-0.2, 0) is 17.9 Å². The number of benzene rings is 1. The lowest BCUT2D eigenvalue weighted by Crippen LogP contribution is -2.34. The normalized spacial score (nSPS) is 20.7. The zero-order chi connectivity index (χ0) is 18.2. The van der Waals surface area contributed by atoms with Crippen molar-refractivity contribution in [3.63, 3.8) is 0 Å². The van der Waals surface area contributed by atoms with Crippen molar-refractivity contribution >= 4 is 30.7 Å². The van der Waals surface area contributed by atoms with Crippen molar-refractivity contribution in [1.29, 1.82) is 0 Å². The molecule has 2 N–H and O–H groups in total. The van der Waals surface area contributed by atoms with Crippen LogP contribution in [0.1, 0.15) is 56.6 Å². The Hall–Kier alpha value is -0.810. The van der Waals surface area contributed by atoms with E-state index in [1.165, 1.54) is 49.9 Å². The van der Waals surface area contributed by atoms with Gasteiger partial charge < -0.3 is 10.6 Å². The van der Waals surface area contributed by atoms with E-state index in [1.807, 2.05) is 0 Å². The predicted molar refractivity (Wildman–Crippen MR) is 121 cm³/mol. The fraction of sp³-hybridized carbons (Fsp3) is 0.682. The lowest BCUT2D eigenvalue weighted by molar-refractivity contribution is -0.121. The second kappa shape index (κ2) is 13.4. The summed E-state index contributed by atoms with van der Waals surface area (Å²) in [5.41, 5.74) is 2.63. The van der Waals surface area contributed by atoms with Gasteiger partial charge in [-0.05, 0) is 74.7 Å². The Balaban J connectivity index is 0.00000196. The number of rotatable bonds is 7. The molecule has 28 heavy (non-hydrogen) atoms. The highest BCUT2D eigenvalue weighted by Crippen LogP contribution is 2.20. The Morgan fingerprint density at radius 2 is 1.86 bits per heavy atom. The van der Waals surface area contributed by atoms with E-state index in [9.17, 15) is 4.79 Å². The monoisotopic (exact) mass is 429 g/mol. The molecule has 0 aliphatic carbocycles. The maximum absolute atomic E-state index is 12.3. The fourth-order valence-electron chi connectivity index (χ4n) is 4.34. The molecule has 1 aromatic rings. The summed E-state index contributed by atoms with van der Waals surface area (Å²) in [6.07, 6.45) is 6.77. The van der Waals surface area contributed by atoms with Crippen LogP contribution in [0, 0.1) is 11.8 Å². The molecule has 6 heteroatoms. The van der Waals surface area contributed by atoms with Crippen LogP contribution in [0.2, 0.25) is 0 Å². The van der Waals surface area contributed by atoms with E-state index in [0.717, 1.165) is 37.9 Å². The summed E-state index contributed by atoms with van der Waals surface area (Å²) >= 11 is 0. The molecule has 1 amide bonds. The number of nitrogens with one attached hydrogen (secondary N) is 2. The number of likely N-dealkylation sites (tertiary alicyclic amines) is 1. The molecule has 2 aliphatic heterocycles. The Morgan fingerprint density at radius 3 is 2.57 bits per heavy atom. The minimum atomic E-state index is 0. The summed E-state index contributed by atoms with van der Waals surface area (Å²) in [5, 5.41) is 6.54. The first kappa shape index (κ1) is 25.2. The molecule has 0 spiro atoms. The summed E-state index contributed by atoms with van der Waals surface area (Å²) in [4.78, 5) is 14.8. The van der Waals surface area contributed by atoms with Gasteiger partial charge in [0, 0.05) is 26.1 Å². The van der Waals surface area contributed by atoms with Crippen LogP contribution in [-0.4, -0.2) is 37.0 Å². The van der Waals surface area contributed by atoms with Crippen LogP contribution in [0.5, 0.6) is 0 Å². The number of amides is 1. The number of carbonyl (C=O) groups excluding carboxylic acids is 1. The number of hydrogen-bond donors (Lipinski definition) is 2. The molecule has 2 saturated heterocycles. The van der Waals surface area contributed by atoms with Gasteiger partial charge in [-0.25, -0.2) is 0 Å². The molecule has 4 nitrogen and oxygen atoms in total. The van der Waals surface area contributed by atoms with Crippen LogP contribution >= 0.6 is 24.8 Å². The Kier molecular flexibility index (Phi) is 12.1. The first-order valence-corrected chi connectivity index (χ1v) is 10.5. The predicted octanol–water partition coefficient (Wildman–Crippen LogP) is 4.16. The van der Waals surface area contributed by atoms with Gasteiger partial charge in [-0.1, -0.05) is 31.2 Å². The summed E-state index contributed by atoms with van der Waals surface area (Å²) in [6.45, 7) is 8.61. The first-order valence-electron chi connectivity index (χ1n) is 10.5. The van der Waals surface area contributed by atoms with Gasteiger partial charge in [0.2, 0.25) is 5.91 Å². The zero-order valence-corrected chi connectivity index (χ0v) is 18.8. The number of piperidine rings is 2. The smallest absolute Gasteiger partial charge is 0.220 e. The molecule has 0 radical (unpaired) electrons. The van der Waals surface area contributed by atoms with E-state index in [2.05, 4.69) is 46.7 Å². The maximum atomic E-state index is 12.3. The minimum Gasteiger partial charge on any atom is -0.352 e. The lowest BCUT2D eigenvalue weighted by atomic mass is 9.93. The maximum Gasteiger partial charge on any atom is 0.220 e. The third kappa shape index (κ3) is 8.28. The third-order valence-electron chi connectivity index (χ3n) is 5.97. The van der Waals surface area contributed by atoms with Crippen LogP contribution in [0.4, 0.5) is 0 Å². The van der Waals surface area contributed by atoms with Gasteiger partial charge in [0.05, 0.1) is 0 Å². The van der Waals surface area contributed by atoms with Crippen molar-refractivity contribution in [3.05, 3.63) is 35.4 Å². The van der Waals surface area contributed by atoms with E-state index in [-0.39, 0.29) is 30.7 Å². The molecule has 3 rings (SSSR count). The molecule has 2 fully saturated rings. The molecule has 0 saturated carbocycles. The van der Waals surface area contributed by atoms with E-state index in [1.54, 1.807) is 0 Å². The van der Waals surface area contributed by atoms with Crippen molar-refractivity contribution in [2.75, 3.05) is 26.2 Å². The van der Waals surface area contributed by atoms with Gasteiger partial charge in [-0.3, -0.25) is 9.69 Å². The van der Waals surface area contributed by atoms with Crippen molar-refractivity contribution in [3.8, 4) is 0 Å². The highest BCUT2D eigenvalue weighted by atomic mass is 35.5. The SMILES string of the molecule is CC1CCCN(Cc2ccccc2CNC(=O)CCC2CCNCC2)C1.Cl.Cl. The fourth-order valence-corrected chi connectivity index (χ4v) is 4.34. The third-order valence-corrected chi connectivity index (χ3v) is 5.97. The van der Waals surface area contributed by atoms with Gasteiger partial charge >= 0.3 is 0 Å². The molecule has 0 aromatic heterocycles. The molecule has 1 unspecified atom stereocenters. The molecule has 2 aliphatic rings. The Bertz CT molecular complexity index is 579. The molecular weight excluding hydrogens is 393 g/mol. The van der Waals surface area contributed by atoms with Crippen molar-refractivity contribution in [2.45, 2.75) is 58.5 Å². The second-order valence-corrected chi connectivity index (χ2v) is 8.26. The van der Waals surface area contributed by atoms with Gasteiger partial charge in [-0.15, -0.1) is 24.8 Å².